The van der Waals surface area contributed by atoms with Gasteiger partial charge in [0.25, 0.3) is 11.1 Å². The second-order valence-electron chi connectivity index (χ2n) is 7.66. The van der Waals surface area contributed by atoms with Crippen molar-refractivity contribution < 1.29 is 23.5 Å². The molecule has 1 aliphatic heterocycles. The Morgan fingerprint density at radius 2 is 1.83 bits per heavy atom. The molecule has 0 aromatic heterocycles. The summed E-state index contributed by atoms with van der Waals surface area (Å²) in [6, 6.07) is 14.8. The highest BCUT2D eigenvalue weighted by molar-refractivity contribution is 9.10. The summed E-state index contributed by atoms with van der Waals surface area (Å²) in [5, 5.41) is 0.361. The molecule has 1 aliphatic rings. The fourth-order valence-electron chi connectivity index (χ4n) is 3.45. The highest BCUT2D eigenvalue weighted by atomic mass is 79.9. The summed E-state index contributed by atoms with van der Waals surface area (Å²) in [7, 11) is 0. The number of amides is 2. The smallest absolute Gasteiger partial charge is 0.293 e. The molecule has 3 aromatic carbocycles. The molecule has 5 nitrogen and oxygen atoms in total. The monoisotopic (exact) mass is 609 g/mol. The molecule has 10 heteroatoms. The van der Waals surface area contributed by atoms with Gasteiger partial charge in [-0.15, -0.1) is 0 Å². The van der Waals surface area contributed by atoms with Crippen LogP contribution in [0, 0.1) is 5.82 Å². The Morgan fingerprint density at radius 3 is 2.56 bits per heavy atom. The standard InChI is InChI=1S/C26H19BrCl2FNO4S/c1-2-34-22-11-16(9-18(27)24(22)35-14-17-5-3-4-6-21(17)30)12-23-25(32)31(26(33)36-23)13-15-7-8-19(28)20(29)10-15/h3-12H,2,13-14H2,1H3/b23-12-. The molecule has 2 amide bonds. The first-order valence-electron chi connectivity index (χ1n) is 10.8. The molecule has 186 valence electrons. The molecule has 1 fully saturated rings. The summed E-state index contributed by atoms with van der Waals surface area (Å²) in [5.41, 5.74) is 1.72. The number of ether oxygens (including phenoxy) is 2. The highest BCUT2D eigenvalue weighted by Crippen LogP contribution is 2.40. The predicted octanol–water partition coefficient (Wildman–Crippen LogP) is 8.11. The first-order chi connectivity index (χ1) is 17.3. The van der Waals surface area contributed by atoms with E-state index in [2.05, 4.69) is 15.9 Å². The second-order valence-corrected chi connectivity index (χ2v) is 10.3. The number of imide groups is 1. The summed E-state index contributed by atoms with van der Waals surface area (Å²) in [4.78, 5) is 27.0. The topological polar surface area (TPSA) is 55.8 Å². The van der Waals surface area contributed by atoms with Crippen LogP contribution in [0.15, 0.2) is 64.0 Å². The van der Waals surface area contributed by atoms with Gasteiger partial charge in [-0.05, 0) is 82.2 Å². The molecule has 0 radical (unpaired) electrons. The molecule has 4 rings (SSSR count). The number of hydrogen-bond acceptors (Lipinski definition) is 5. The Labute approximate surface area is 230 Å². The molecule has 0 spiro atoms. The molecule has 0 unspecified atom stereocenters. The van der Waals surface area contributed by atoms with Crippen LogP contribution in [0.2, 0.25) is 10.0 Å². The lowest BCUT2D eigenvalue weighted by Crippen LogP contribution is -2.27. The van der Waals surface area contributed by atoms with Gasteiger partial charge in [0.05, 0.1) is 32.6 Å². The van der Waals surface area contributed by atoms with E-state index in [1.165, 1.54) is 6.07 Å². The summed E-state index contributed by atoms with van der Waals surface area (Å²) < 4.78 is 26.2. The van der Waals surface area contributed by atoms with Gasteiger partial charge >= 0.3 is 0 Å². The van der Waals surface area contributed by atoms with Gasteiger partial charge in [-0.3, -0.25) is 14.5 Å². The van der Waals surface area contributed by atoms with E-state index in [-0.39, 0.29) is 29.1 Å². The summed E-state index contributed by atoms with van der Waals surface area (Å²) in [5.74, 6) is 0.0549. The van der Waals surface area contributed by atoms with Crippen molar-refractivity contribution in [3.8, 4) is 11.5 Å². The van der Waals surface area contributed by atoms with Crippen LogP contribution in [-0.4, -0.2) is 22.7 Å². The second kappa shape index (κ2) is 11.7. The number of halogens is 4. The lowest BCUT2D eigenvalue weighted by molar-refractivity contribution is -0.123. The molecular formula is C26H19BrCl2FNO4S. The van der Waals surface area contributed by atoms with E-state index in [9.17, 15) is 14.0 Å². The van der Waals surface area contributed by atoms with Crippen LogP contribution < -0.4 is 9.47 Å². The van der Waals surface area contributed by atoms with Crippen LogP contribution in [-0.2, 0) is 17.9 Å². The number of hydrogen-bond donors (Lipinski definition) is 0. The van der Waals surface area contributed by atoms with Gasteiger partial charge in [0, 0.05) is 5.56 Å². The average molecular weight is 611 g/mol. The summed E-state index contributed by atoms with van der Waals surface area (Å²) in [6.45, 7) is 2.29. The maximum absolute atomic E-state index is 14.0. The molecule has 3 aromatic rings. The molecule has 0 bridgehead atoms. The number of carbonyl (C=O) groups is 2. The molecule has 0 saturated carbocycles. The largest absolute Gasteiger partial charge is 0.490 e. The van der Waals surface area contributed by atoms with Crippen LogP contribution in [0.25, 0.3) is 6.08 Å². The molecular weight excluding hydrogens is 592 g/mol. The first kappa shape index (κ1) is 26.5. The third-order valence-electron chi connectivity index (χ3n) is 5.16. The van der Waals surface area contributed by atoms with Gasteiger partial charge in [-0.25, -0.2) is 4.39 Å². The van der Waals surface area contributed by atoms with E-state index < -0.39 is 5.91 Å². The highest BCUT2D eigenvalue weighted by Gasteiger charge is 2.35. The molecule has 0 atom stereocenters. The van der Waals surface area contributed by atoms with Gasteiger partial charge in [0.2, 0.25) is 0 Å². The maximum atomic E-state index is 14.0. The molecule has 1 saturated heterocycles. The van der Waals surface area contributed by atoms with E-state index in [0.29, 0.717) is 49.3 Å². The van der Waals surface area contributed by atoms with E-state index >= 15 is 0 Å². The number of rotatable bonds is 8. The van der Waals surface area contributed by atoms with Crippen molar-refractivity contribution in [1.29, 1.82) is 0 Å². The van der Waals surface area contributed by atoms with Crippen molar-refractivity contribution in [2.24, 2.45) is 0 Å². The van der Waals surface area contributed by atoms with Crippen LogP contribution in [0.5, 0.6) is 11.5 Å². The van der Waals surface area contributed by atoms with Crippen LogP contribution >= 0.6 is 50.9 Å². The zero-order valence-electron chi connectivity index (χ0n) is 18.9. The lowest BCUT2D eigenvalue weighted by Gasteiger charge is -2.15. The van der Waals surface area contributed by atoms with Crippen molar-refractivity contribution in [3.05, 3.63) is 96.5 Å². The Kier molecular flexibility index (Phi) is 8.62. The molecule has 36 heavy (non-hydrogen) atoms. The van der Waals surface area contributed by atoms with Crippen molar-refractivity contribution in [2.45, 2.75) is 20.1 Å². The van der Waals surface area contributed by atoms with Gasteiger partial charge < -0.3 is 9.47 Å². The fraction of sp³-hybridized carbons (Fsp3) is 0.154. The third kappa shape index (κ3) is 6.06. The van der Waals surface area contributed by atoms with Gasteiger partial charge in [-0.1, -0.05) is 47.5 Å². The summed E-state index contributed by atoms with van der Waals surface area (Å²) in [6.07, 6.45) is 1.62. The predicted molar refractivity (Wildman–Crippen MR) is 144 cm³/mol. The SMILES string of the molecule is CCOc1cc(/C=C2\SC(=O)N(Cc3ccc(Cl)c(Cl)c3)C2=O)cc(Br)c1OCc1ccccc1F. The summed E-state index contributed by atoms with van der Waals surface area (Å²) >= 11 is 16.3. The van der Waals surface area contributed by atoms with Crippen molar-refractivity contribution >= 4 is 68.1 Å². The zero-order valence-corrected chi connectivity index (χ0v) is 22.8. The minimum Gasteiger partial charge on any atom is -0.490 e. The van der Waals surface area contributed by atoms with Crippen molar-refractivity contribution in [1.82, 2.24) is 4.90 Å². The fourth-order valence-corrected chi connectivity index (χ4v) is 5.18. The van der Waals surface area contributed by atoms with Crippen LogP contribution in [0.1, 0.15) is 23.6 Å². The van der Waals surface area contributed by atoms with Crippen molar-refractivity contribution in [2.75, 3.05) is 6.61 Å². The quantitative estimate of drug-likeness (QED) is 0.241. The Bertz CT molecular complexity index is 1370. The maximum Gasteiger partial charge on any atom is 0.293 e. The number of nitrogens with zero attached hydrogens (tertiary/aromatic N) is 1. The first-order valence-corrected chi connectivity index (χ1v) is 13.1. The van der Waals surface area contributed by atoms with Gasteiger partial charge in [0.15, 0.2) is 11.5 Å². The Balaban J connectivity index is 1.56. The van der Waals surface area contributed by atoms with E-state index in [0.717, 1.165) is 16.7 Å². The average Bonchev–Trinajstić information content (AvgIpc) is 3.09. The van der Waals surface area contributed by atoms with Gasteiger partial charge in [-0.2, -0.15) is 0 Å². The van der Waals surface area contributed by atoms with E-state index in [1.54, 1.807) is 54.6 Å². The van der Waals surface area contributed by atoms with E-state index in [4.69, 9.17) is 32.7 Å². The third-order valence-corrected chi connectivity index (χ3v) is 7.39. The normalized spacial score (nSPS) is 14.6. The minimum absolute atomic E-state index is 0.0122. The lowest BCUT2D eigenvalue weighted by atomic mass is 10.1. The molecule has 1 heterocycles. The molecule has 0 aliphatic carbocycles. The number of carbonyl (C=O) groups excluding carboxylic acids is 2. The Morgan fingerprint density at radius 1 is 1.06 bits per heavy atom. The van der Waals surface area contributed by atoms with E-state index in [1.807, 2.05) is 6.92 Å². The minimum atomic E-state index is -0.412. The van der Waals surface area contributed by atoms with Crippen molar-refractivity contribution in [3.63, 3.8) is 0 Å². The number of benzene rings is 3. The van der Waals surface area contributed by atoms with Crippen LogP contribution in [0.3, 0.4) is 0 Å². The number of thioether (sulfide) groups is 1. The zero-order chi connectivity index (χ0) is 25.8. The molecule has 0 N–H and O–H groups in total. The van der Waals surface area contributed by atoms with Crippen LogP contribution in [0.4, 0.5) is 9.18 Å². The Hall–Kier alpha value is -2.52. The van der Waals surface area contributed by atoms with Gasteiger partial charge in [0.1, 0.15) is 12.4 Å².